The van der Waals surface area contributed by atoms with Crippen molar-refractivity contribution in [2.45, 2.75) is 19.3 Å². The van der Waals surface area contributed by atoms with Gasteiger partial charge in [-0.05, 0) is 19.3 Å². The Labute approximate surface area is 74.4 Å². The molecular weight excluding hydrogens is 172 g/mol. The Kier molecular flexibility index (Phi) is 3.45. The molecular formula is C8H12N2O3. The molecule has 5 nitrogen and oxygen atoms in total. The minimum atomic E-state index is -0.633. The highest BCUT2D eigenvalue weighted by Crippen LogP contribution is 1.96. The van der Waals surface area contributed by atoms with Gasteiger partial charge in [0.1, 0.15) is 0 Å². The summed E-state index contributed by atoms with van der Waals surface area (Å²) in [5.41, 5.74) is -0.471. The molecule has 0 aliphatic heterocycles. The summed E-state index contributed by atoms with van der Waals surface area (Å²) in [5.74, 6) is 0. The topological polar surface area (TPSA) is 85.9 Å². The fourth-order valence-electron chi connectivity index (χ4n) is 1.02. The lowest BCUT2D eigenvalue weighted by molar-refractivity contribution is 0.284. The monoisotopic (exact) mass is 184 g/mol. The van der Waals surface area contributed by atoms with Crippen molar-refractivity contribution in [3.8, 4) is 0 Å². The lowest BCUT2D eigenvalue weighted by Crippen LogP contribution is -2.27. The van der Waals surface area contributed by atoms with Crippen molar-refractivity contribution in [3.05, 3.63) is 32.3 Å². The van der Waals surface area contributed by atoms with Crippen LogP contribution in [0.3, 0.4) is 0 Å². The van der Waals surface area contributed by atoms with Gasteiger partial charge in [-0.3, -0.25) is 14.7 Å². The Hall–Kier alpha value is -1.36. The van der Waals surface area contributed by atoms with Crippen LogP contribution in [-0.2, 0) is 6.42 Å². The molecule has 0 unspecified atom stereocenters. The Morgan fingerprint density at radius 2 is 2.00 bits per heavy atom. The third kappa shape index (κ3) is 2.87. The molecule has 0 aliphatic carbocycles. The second-order valence-electron chi connectivity index (χ2n) is 2.79. The zero-order chi connectivity index (χ0) is 9.68. The summed E-state index contributed by atoms with van der Waals surface area (Å²) in [6.45, 7) is 0.146. The van der Waals surface area contributed by atoms with Gasteiger partial charge in [-0.15, -0.1) is 0 Å². The molecule has 0 amide bonds. The molecule has 72 valence electrons. The van der Waals surface area contributed by atoms with Gasteiger partial charge in [0.25, 0.3) is 0 Å². The van der Waals surface area contributed by atoms with Crippen LogP contribution in [0, 0.1) is 0 Å². The van der Waals surface area contributed by atoms with Crippen LogP contribution < -0.4 is 11.0 Å². The Morgan fingerprint density at radius 3 is 2.62 bits per heavy atom. The standard InChI is InChI=1S/C8H12N2O3/c11-4-2-1-3-6-5-7(12)8(13)10-9-6/h5,11H,1-4H2,(H,9,12)(H,10,13). The Morgan fingerprint density at radius 1 is 1.23 bits per heavy atom. The quantitative estimate of drug-likeness (QED) is 0.430. The number of nitrogens with one attached hydrogen (secondary N) is 2. The highest BCUT2D eigenvalue weighted by Gasteiger charge is 1.96. The van der Waals surface area contributed by atoms with E-state index >= 15 is 0 Å². The van der Waals surface area contributed by atoms with Gasteiger partial charge in [-0.1, -0.05) is 0 Å². The average Bonchev–Trinajstić information content (AvgIpc) is 2.12. The SMILES string of the molecule is O=c1cc(CCCCO)[nH][nH]c1=O. The smallest absolute Gasteiger partial charge is 0.310 e. The van der Waals surface area contributed by atoms with Crippen molar-refractivity contribution in [1.82, 2.24) is 10.2 Å². The van der Waals surface area contributed by atoms with Crippen LogP contribution in [0.15, 0.2) is 15.7 Å². The second kappa shape index (κ2) is 4.61. The van der Waals surface area contributed by atoms with Crippen molar-refractivity contribution in [2.75, 3.05) is 6.61 Å². The van der Waals surface area contributed by atoms with Gasteiger partial charge in [0.15, 0.2) is 0 Å². The fraction of sp³-hybridized carbons (Fsp3) is 0.500. The largest absolute Gasteiger partial charge is 0.396 e. The van der Waals surface area contributed by atoms with E-state index in [9.17, 15) is 9.59 Å². The van der Waals surface area contributed by atoms with Crippen LogP contribution in [-0.4, -0.2) is 21.9 Å². The summed E-state index contributed by atoms with van der Waals surface area (Å²) in [4.78, 5) is 21.5. The molecule has 0 atom stereocenters. The zero-order valence-electron chi connectivity index (χ0n) is 7.17. The number of aryl methyl sites for hydroxylation is 1. The summed E-state index contributed by atoms with van der Waals surface area (Å²) in [5, 5.41) is 13.4. The number of aromatic amines is 2. The minimum absolute atomic E-state index is 0.146. The van der Waals surface area contributed by atoms with Gasteiger partial charge in [-0.25, -0.2) is 0 Å². The second-order valence-corrected chi connectivity index (χ2v) is 2.79. The predicted molar refractivity (Wildman–Crippen MR) is 47.7 cm³/mol. The molecule has 1 aromatic rings. The van der Waals surface area contributed by atoms with Crippen molar-refractivity contribution in [2.24, 2.45) is 0 Å². The van der Waals surface area contributed by atoms with Gasteiger partial charge < -0.3 is 10.2 Å². The number of hydrogen-bond acceptors (Lipinski definition) is 3. The lowest BCUT2D eigenvalue weighted by atomic mass is 10.2. The molecule has 0 aromatic carbocycles. The van der Waals surface area contributed by atoms with Gasteiger partial charge in [-0.2, -0.15) is 0 Å². The normalized spacial score (nSPS) is 10.2. The molecule has 1 rings (SSSR count). The molecule has 0 saturated heterocycles. The molecule has 0 aliphatic rings. The number of aliphatic hydroxyl groups excluding tert-OH is 1. The van der Waals surface area contributed by atoms with Gasteiger partial charge in [0.2, 0.25) is 5.43 Å². The number of rotatable bonds is 4. The summed E-state index contributed by atoms with van der Waals surface area (Å²) >= 11 is 0. The number of aliphatic hydroxyl groups is 1. The van der Waals surface area contributed by atoms with Crippen LogP contribution in [0.5, 0.6) is 0 Å². The highest BCUT2D eigenvalue weighted by atomic mass is 16.2. The first-order chi connectivity index (χ1) is 6.24. The van der Waals surface area contributed by atoms with Crippen molar-refractivity contribution in [1.29, 1.82) is 0 Å². The van der Waals surface area contributed by atoms with Crippen molar-refractivity contribution < 1.29 is 5.11 Å². The molecule has 0 radical (unpaired) electrons. The number of aromatic nitrogens is 2. The van der Waals surface area contributed by atoms with Crippen LogP contribution in [0.2, 0.25) is 0 Å². The average molecular weight is 184 g/mol. The van der Waals surface area contributed by atoms with Crippen LogP contribution in [0.4, 0.5) is 0 Å². The molecule has 1 heterocycles. The third-order valence-electron chi connectivity index (χ3n) is 1.72. The number of unbranched alkanes of at least 4 members (excludes halogenated alkanes) is 1. The summed E-state index contributed by atoms with van der Waals surface area (Å²) in [6, 6.07) is 1.29. The van der Waals surface area contributed by atoms with E-state index in [4.69, 9.17) is 5.11 Å². The van der Waals surface area contributed by atoms with Crippen molar-refractivity contribution >= 4 is 0 Å². The van der Waals surface area contributed by atoms with Gasteiger partial charge >= 0.3 is 5.56 Å². The molecule has 0 bridgehead atoms. The Balaban J connectivity index is 2.64. The van der Waals surface area contributed by atoms with E-state index in [0.29, 0.717) is 18.5 Å². The molecule has 0 fully saturated rings. The fourth-order valence-corrected chi connectivity index (χ4v) is 1.02. The van der Waals surface area contributed by atoms with E-state index in [1.807, 2.05) is 0 Å². The zero-order valence-corrected chi connectivity index (χ0v) is 7.17. The lowest BCUT2D eigenvalue weighted by Gasteiger charge is -1.98. The third-order valence-corrected chi connectivity index (χ3v) is 1.72. The van der Waals surface area contributed by atoms with E-state index in [-0.39, 0.29) is 6.61 Å². The van der Waals surface area contributed by atoms with Crippen LogP contribution in [0.1, 0.15) is 18.5 Å². The van der Waals surface area contributed by atoms with E-state index in [2.05, 4.69) is 10.2 Å². The van der Waals surface area contributed by atoms with Crippen LogP contribution in [0.25, 0.3) is 0 Å². The van der Waals surface area contributed by atoms with Gasteiger partial charge in [0, 0.05) is 18.4 Å². The van der Waals surface area contributed by atoms with E-state index in [1.165, 1.54) is 6.07 Å². The van der Waals surface area contributed by atoms with E-state index in [1.54, 1.807) is 0 Å². The maximum absolute atomic E-state index is 10.9. The highest BCUT2D eigenvalue weighted by molar-refractivity contribution is 4.99. The maximum Gasteiger partial charge on any atom is 0.310 e. The molecule has 13 heavy (non-hydrogen) atoms. The van der Waals surface area contributed by atoms with Gasteiger partial charge in [0.05, 0.1) is 0 Å². The molecule has 5 heteroatoms. The summed E-state index contributed by atoms with van der Waals surface area (Å²) in [7, 11) is 0. The Bertz CT molecular complexity index is 366. The molecule has 1 aromatic heterocycles. The number of hydrogen-bond donors (Lipinski definition) is 3. The maximum atomic E-state index is 10.9. The summed E-state index contributed by atoms with van der Waals surface area (Å²) in [6.07, 6.45) is 2.15. The molecule has 0 spiro atoms. The first-order valence-corrected chi connectivity index (χ1v) is 4.16. The molecule has 0 saturated carbocycles. The minimum Gasteiger partial charge on any atom is -0.396 e. The summed E-state index contributed by atoms with van der Waals surface area (Å²) < 4.78 is 0. The first-order valence-electron chi connectivity index (χ1n) is 4.16. The van der Waals surface area contributed by atoms with Crippen molar-refractivity contribution in [3.63, 3.8) is 0 Å². The first kappa shape index (κ1) is 9.73. The number of H-pyrrole nitrogens is 2. The van der Waals surface area contributed by atoms with E-state index < -0.39 is 11.0 Å². The van der Waals surface area contributed by atoms with Crippen LogP contribution >= 0.6 is 0 Å². The predicted octanol–water partition coefficient (Wildman–Crippen LogP) is -0.622. The molecule has 3 N–H and O–H groups in total. The van der Waals surface area contributed by atoms with E-state index in [0.717, 1.165) is 6.42 Å².